The molecule has 6 aromatic rings. The Morgan fingerprint density at radius 2 is 0.886 bits per heavy atom. The number of hydrogen-bond acceptors (Lipinski definition) is 1. The monoisotopic (exact) mass is 578 g/mol. The quantitative estimate of drug-likeness (QED) is 0.220. The first-order chi connectivity index (χ1) is 20.7. The van der Waals surface area contributed by atoms with Crippen LogP contribution in [0, 0.1) is 0 Å². The molecule has 0 spiro atoms. The van der Waals surface area contributed by atoms with Gasteiger partial charge >= 0.3 is 0 Å². The van der Waals surface area contributed by atoms with Gasteiger partial charge < -0.3 is 0 Å². The zero-order valence-corrected chi connectivity index (χ0v) is 27.8. The first-order valence-corrected chi connectivity index (χ1v) is 15.9. The zero-order valence-electron chi connectivity index (χ0n) is 27.8. The van der Waals surface area contributed by atoms with Crippen molar-refractivity contribution in [2.24, 2.45) is 0 Å². The van der Waals surface area contributed by atoms with Crippen molar-refractivity contribution in [2.75, 3.05) is 5.43 Å². The fraction of sp³-hybridized carbons (Fsp3) is 0.286. The summed E-state index contributed by atoms with van der Waals surface area (Å²) in [6.07, 6.45) is 0. The molecule has 2 nitrogen and oxygen atoms in total. The van der Waals surface area contributed by atoms with Crippen LogP contribution in [-0.4, -0.2) is 4.68 Å². The number of benzene rings is 5. The summed E-state index contributed by atoms with van der Waals surface area (Å²) in [5, 5.41) is 2.56. The van der Waals surface area contributed by atoms with E-state index in [1.54, 1.807) is 0 Å². The Morgan fingerprint density at radius 1 is 0.432 bits per heavy atom. The molecule has 0 aliphatic rings. The van der Waals surface area contributed by atoms with Gasteiger partial charge in [0.1, 0.15) is 0 Å². The number of aromatic nitrogens is 1. The molecule has 224 valence electrons. The van der Waals surface area contributed by atoms with Gasteiger partial charge in [-0.25, -0.2) is 0 Å². The van der Waals surface area contributed by atoms with E-state index in [9.17, 15) is 0 Å². The predicted molar refractivity (Wildman–Crippen MR) is 192 cm³/mol. The largest absolute Gasteiger partial charge is 0.293 e. The lowest BCUT2D eigenvalue weighted by atomic mass is 9.84. The molecular weight excluding hydrogens is 532 g/mol. The van der Waals surface area contributed by atoms with Crippen LogP contribution in [0.2, 0.25) is 0 Å². The molecule has 2 heteroatoms. The van der Waals surface area contributed by atoms with E-state index in [4.69, 9.17) is 0 Å². The van der Waals surface area contributed by atoms with Gasteiger partial charge in [0.05, 0.1) is 16.7 Å². The standard InChI is InChI=1S/C42H46N2/c1-40(2,3)29-19-22-37(34(25-29)33-18-14-13-17-32(33)28-15-11-10-12-16-28)43-44-38-23-20-30(41(4,5)6)26-35(38)36-27-31(42(7,8)9)21-24-39(36)44/h10-27,43H,1-9H3. The topological polar surface area (TPSA) is 17.0 Å². The van der Waals surface area contributed by atoms with E-state index >= 15 is 0 Å². The number of hydrogen-bond donors (Lipinski definition) is 1. The van der Waals surface area contributed by atoms with Crippen molar-refractivity contribution in [1.29, 1.82) is 0 Å². The van der Waals surface area contributed by atoms with E-state index in [0.29, 0.717) is 0 Å². The maximum absolute atomic E-state index is 3.93. The number of nitrogens with one attached hydrogen (secondary N) is 1. The first kappa shape index (κ1) is 29.8. The number of nitrogens with zero attached hydrogens (tertiary/aromatic N) is 1. The fourth-order valence-electron chi connectivity index (χ4n) is 6.12. The third kappa shape index (κ3) is 5.54. The van der Waals surface area contributed by atoms with Crippen LogP contribution < -0.4 is 5.43 Å². The van der Waals surface area contributed by atoms with Gasteiger partial charge in [0.2, 0.25) is 0 Å². The molecule has 0 saturated heterocycles. The van der Waals surface area contributed by atoms with Crippen molar-refractivity contribution in [1.82, 2.24) is 4.68 Å². The molecule has 0 atom stereocenters. The van der Waals surface area contributed by atoms with Gasteiger partial charge in [-0.05, 0) is 86.0 Å². The SMILES string of the molecule is CC(C)(C)c1ccc(Nn2c3ccc(C(C)(C)C)cc3c3cc(C(C)(C)C)ccc32)c(-c2ccccc2-c2ccccc2)c1. The molecule has 0 amide bonds. The summed E-state index contributed by atoms with van der Waals surface area (Å²) >= 11 is 0. The predicted octanol–water partition coefficient (Wildman–Crippen LogP) is 11.9. The van der Waals surface area contributed by atoms with Gasteiger partial charge in [0.25, 0.3) is 0 Å². The van der Waals surface area contributed by atoms with Crippen LogP contribution in [0.3, 0.4) is 0 Å². The Hall–Kier alpha value is -4.30. The fourth-order valence-corrected chi connectivity index (χ4v) is 6.12. The molecule has 0 fully saturated rings. The summed E-state index contributed by atoms with van der Waals surface area (Å²) in [5.74, 6) is 0. The van der Waals surface area contributed by atoms with Crippen molar-refractivity contribution in [2.45, 2.75) is 78.6 Å². The lowest BCUT2D eigenvalue weighted by Gasteiger charge is -2.24. The summed E-state index contributed by atoms with van der Waals surface area (Å²) in [7, 11) is 0. The minimum atomic E-state index is 0.0223. The van der Waals surface area contributed by atoms with E-state index in [2.05, 4.69) is 182 Å². The second kappa shape index (κ2) is 10.7. The van der Waals surface area contributed by atoms with Crippen LogP contribution in [0.1, 0.15) is 79.0 Å². The molecule has 0 radical (unpaired) electrons. The van der Waals surface area contributed by atoms with E-state index in [1.165, 1.54) is 60.8 Å². The van der Waals surface area contributed by atoms with Crippen molar-refractivity contribution < 1.29 is 0 Å². The van der Waals surface area contributed by atoms with Crippen molar-refractivity contribution in [3.63, 3.8) is 0 Å². The maximum atomic E-state index is 3.93. The highest BCUT2D eigenvalue weighted by molar-refractivity contribution is 6.09. The third-order valence-corrected chi connectivity index (χ3v) is 8.92. The van der Waals surface area contributed by atoms with Crippen LogP contribution in [0.15, 0.2) is 109 Å². The Kier molecular flexibility index (Phi) is 7.24. The van der Waals surface area contributed by atoms with Gasteiger partial charge in [0, 0.05) is 16.3 Å². The lowest BCUT2D eigenvalue weighted by Crippen LogP contribution is -2.14. The molecule has 1 heterocycles. The smallest absolute Gasteiger partial charge is 0.0710 e. The zero-order chi connectivity index (χ0) is 31.4. The highest BCUT2D eigenvalue weighted by Crippen LogP contribution is 2.41. The average molecular weight is 579 g/mol. The summed E-state index contributed by atoms with van der Waals surface area (Å²) in [4.78, 5) is 0. The number of anilines is 1. The third-order valence-electron chi connectivity index (χ3n) is 8.92. The molecule has 44 heavy (non-hydrogen) atoms. The highest BCUT2D eigenvalue weighted by Gasteiger charge is 2.22. The normalized spacial score (nSPS) is 12.7. The van der Waals surface area contributed by atoms with Crippen LogP contribution in [-0.2, 0) is 16.2 Å². The van der Waals surface area contributed by atoms with Crippen molar-refractivity contribution in [3.8, 4) is 22.3 Å². The van der Waals surface area contributed by atoms with Gasteiger partial charge in [-0.1, -0.05) is 135 Å². The molecule has 0 saturated carbocycles. The van der Waals surface area contributed by atoms with E-state index < -0.39 is 0 Å². The van der Waals surface area contributed by atoms with Crippen molar-refractivity contribution >= 4 is 27.5 Å². The summed E-state index contributed by atoms with van der Waals surface area (Å²) in [5.41, 5.74) is 16.4. The molecule has 0 unspecified atom stereocenters. The second-order valence-electron chi connectivity index (χ2n) is 15.3. The van der Waals surface area contributed by atoms with Gasteiger partial charge in [-0.2, -0.15) is 0 Å². The molecule has 0 aliphatic heterocycles. The Labute approximate surface area is 263 Å². The molecule has 0 bridgehead atoms. The summed E-state index contributed by atoms with van der Waals surface area (Å²) in [6.45, 7) is 20.6. The Bertz CT molecular complexity index is 1900. The molecule has 0 aliphatic carbocycles. The number of fused-ring (bicyclic) bond motifs is 3. The van der Waals surface area contributed by atoms with Gasteiger partial charge in [-0.3, -0.25) is 10.1 Å². The number of rotatable bonds is 4. The lowest BCUT2D eigenvalue weighted by molar-refractivity contribution is 0.590. The first-order valence-electron chi connectivity index (χ1n) is 15.9. The average Bonchev–Trinajstić information content (AvgIpc) is 3.28. The molecule has 1 aromatic heterocycles. The van der Waals surface area contributed by atoms with Gasteiger partial charge in [-0.15, -0.1) is 0 Å². The Morgan fingerprint density at radius 3 is 1.41 bits per heavy atom. The van der Waals surface area contributed by atoms with Crippen molar-refractivity contribution in [3.05, 3.63) is 126 Å². The minimum absolute atomic E-state index is 0.0223. The minimum Gasteiger partial charge on any atom is -0.293 e. The van der Waals surface area contributed by atoms with Crippen LogP contribution in [0.25, 0.3) is 44.1 Å². The molecule has 5 aromatic carbocycles. The molecule has 6 rings (SSSR count). The molecule has 1 N–H and O–H groups in total. The Balaban J connectivity index is 1.60. The van der Waals surface area contributed by atoms with E-state index in [1.807, 2.05) is 0 Å². The highest BCUT2D eigenvalue weighted by atomic mass is 15.4. The summed E-state index contributed by atoms with van der Waals surface area (Å²) < 4.78 is 2.30. The summed E-state index contributed by atoms with van der Waals surface area (Å²) in [6, 6.07) is 40.4. The van der Waals surface area contributed by atoms with E-state index in [-0.39, 0.29) is 16.2 Å². The maximum Gasteiger partial charge on any atom is 0.0710 e. The van der Waals surface area contributed by atoms with E-state index in [0.717, 1.165) is 5.69 Å². The van der Waals surface area contributed by atoms with Crippen LogP contribution in [0.4, 0.5) is 5.69 Å². The second-order valence-corrected chi connectivity index (χ2v) is 15.3. The van der Waals surface area contributed by atoms with Crippen LogP contribution >= 0.6 is 0 Å². The van der Waals surface area contributed by atoms with Crippen LogP contribution in [0.5, 0.6) is 0 Å². The molecular formula is C42H46N2. The van der Waals surface area contributed by atoms with Gasteiger partial charge in [0.15, 0.2) is 0 Å².